The molecule has 0 unspecified atom stereocenters. The first-order valence-corrected chi connectivity index (χ1v) is 6.99. The molecule has 0 amide bonds. The van der Waals surface area contributed by atoms with E-state index in [9.17, 15) is 4.79 Å². The maximum atomic E-state index is 12.0. The zero-order chi connectivity index (χ0) is 12.6. The van der Waals surface area contributed by atoms with Crippen molar-refractivity contribution in [2.75, 3.05) is 0 Å². The molecular weight excluding hydrogens is 324 g/mol. The van der Waals surface area contributed by atoms with E-state index >= 15 is 0 Å². The molecule has 3 nitrogen and oxygen atoms in total. The Balaban J connectivity index is 2.24. The largest absolute Gasteiger partial charge is 0.293 e. The molecule has 0 saturated heterocycles. The van der Waals surface area contributed by atoms with E-state index in [1.165, 1.54) is 11.3 Å². The highest BCUT2D eigenvalue weighted by atomic mass is 79.9. The Labute approximate surface area is 117 Å². The normalized spacial score (nSPS) is 10.8. The molecule has 0 radical (unpaired) electrons. The van der Waals surface area contributed by atoms with Crippen LogP contribution in [0, 0.1) is 6.92 Å². The SMILES string of the molecule is Cc1nn(C)c(Cl)c1CC(=O)c1cc(Br)cs1. The fourth-order valence-corrected chi connectivity index (χ4v) is 3.19. The number of aryl methyl sites for hydroxylation is 2. The van der Waals surface area contributed by atoms with E-state index in [0.29, 0.717) is 11.6 Å². The first-order valence-electron chi connectivity index (χ1n) is 4.94. The van der Waals surface area contributed by atoms with Gasteiger partial charge in [0, 0.05) is 28.9 Å². The lowest BCUT2D eigenvalue weighted by Gasteiger charge is -1.98. The third-order valence-electron chi connectivity index (χ3n) is 2.45. The van der Waals surface area contributed by atoms with Gasteiger partial charge in [0.15, 0.2) is 5.78 Å². The molecule has 0 fully saturated rings. The number of aromatic nitrogens is 2. The highest BCUT2D eigenvalue weighted by molar-refractivity contribution is 9.10. The standard InChI is InChI=1S/C11H10BrClN2OS/c1-6-8(11(13)15(2)14-6)4-9(16)10-3-7(12)5-17-10/h3,5H,4H2,1-2H3. The van der Waals surface area contributed by atoms with Crippen molar-refractivity contribution in [2.45, 2.75) is 13.3 Å². The van der Waals surface area contributed by atoms with Gasteiger partial charge in [0.1, 0.15) is 5.15 Å². The lowest BCUT2D eigenvalue weighted by molar-refractivity contribution is 0.0996. The van der Waals surface area contributed by atoms with Crippen molar-refractivity contribution < 1.29 is 4.79 Å². The Morgan fingerprint density at radius 1 is 1.65 bits per heavy atom. The molecule has 0 aliphatic heterocycles. The summed E-state index contributed by atoms with van der Waals surface area (Å²) in [7, 11) is 1.77. The number of carbonyl (C=O) groups is 1. The number of rotatable bonds is 3. The summed E-state index contributed by atoms with van der Waals surface area (Å²) >= 11 is 10.9. The van der Waals surface area contributed by atoms with Crippen molar-refractivity contribution in [2.24, 2.45) is 7.05 Å². The average Bonchev–Trinajstić information content (AvgIpc) is 2.79. The predicted octanol–water partition coefficient (Wildman–Crippen LogP) is 3.63. The Hall–Kier alpha value is -0.650. The molecule has 0 spiro atoms. The number of ketones is 1. The van der Waals surface area contributed by atoms with E-state index < -0.39 is 0 Å². The molecule has 0 atom stereocenters. The van der Waals surface area contributed by atoms with Crippen LogP contribution in [0.4, 0.5) is 0 Å². The van der Waals surface area contributed by atoms with Gasteiger partial charge < -0.3 is 0 Å². The fraction of sp³-hybridized carbons (Fsp3) is 0.273. The van der Waals surface area contributed by atoms with E-state index in [0.717, 1.165) is 20.6 Å². The zero-order valence-corrected chi connectivity index (χ0v) is 12.5. The number of carbonyl (C=O) groups excluding carboxylic acids is 1. The molecule has 0 aromatic carbocycles. The van der Waals surface area contributed by atoms with Crippen molar-refractivity contribution in [1.82, 2.24) is 9.78 Å². The third kappa shape index (κ3) is 2.61. The van der Waals surface area contributed by atoms with Crippen LogP contribution in [0.15, 0.2) is 15.9 Å². The molecule has 0 aliphatic carbocycles. The number of hydrogen-bond acceptors (Lipinski definition) is 3. The minimum Gasteiger partial charge on any atom is -0.293 e. The maximum absolute atomic E-state index is 12.0. The monoisotopic (exact) mass is 332 g/mol. The molecule has 2 rings (SSSR count). The van der Waals surface area contributed by atoms with E-state index in [-0.39, 0.29) is 5.78 Å². The van der Waals surface area contributed by atoms with Crippen molar-refractivity contribution >= 4 is 44.7 Å². The summed E-state index contributed by atoms with van der Waals surface area (Å²) < 4.78 is 2.52. The fourth-order valence-electron chi connectivity index (χ4n) is 1.58. The minimum atomic E-state index is 0.0682. The summed E-state index contributed by atoms with van der Waals surface area (Å²) in [6.07, 6.45) is 0.297. The van der Waals surface area contributed by atoms with Crippen LogP contribution in [0.1, 0.15) is 20.9 Å². The van der Waals surface area contributed by atoms with E-state index in [2.05, 4.69) is 21.0 Å². The molecule has 2 heterocycles. The van der Waals surface area contributed by atoms with Gasteiger partial charge in [0.2, 0.25) is 0 Å². The Bertz CT molecular complexity index is 576. The minimum absolute atomic E-state index is 0.0682. The molecule has 0 N–H and O–H groups in total. The second kappa shape index (κ2) is 4.92. The van der Waals surface area contributed by atoms with Crippen molar-refractivity contribution in [3.05, 3.63) is 37.2 Å². The van der Waals surface area contributed by atoms with Crippen LogP contribution in [-0.2, 0) is 13.5 Å². The van der Waals surface area contributed by atoms with Gasteiger partial charge in [0.05, 0.1) is 10.6 Å². The third-order valence-corrected chi connectivity index (χ3v) is 4.65. The molecule has 90 valence electrons. The highest BCUT2D eigenvalue weighted by Crippen LogP contribution is 2.24. The average molecular weight is 334 g/mol. The first-order chi connectivity index (χ1) is 7.99. The van der Waals surface area contributed by atoms with Gasteiger partial charge in [-0.3, -0.25) is 9.48 Å². The van der Waals surface area contributed by atoms with Gasteiger partial charge in [-0.15, -0.1) is 11.3 Å². The molecular formula is C11H10BrClN2OS. The summed E-state index contributed by atoms with van der Waals surface area (Å²) in [5, 5.41) is 6.62. The predicted molar refractivity (Wildman–Crippen MR) is 73.0 cm³/mol. The Kier molecular flexibility index (Phi) is 3.70. The summed E-state index contributed by atoms with van der Waals surface area (Å²) in [6.45, 7) is 1.86. The summed E-state index contributed by atoms with van der Waals surface area (Å²) in [4.78, 5) is 12.8. The zero-order valence-electron chi connectivity index (χ0n) is 9.33. The van der Waals surface area contributed by atoms with Crippen molar-refractivity contribution in [3.63, 3.8) is 0 Å². The van der Waals surface area contributed by atoms with Gasteiger partial charge in [-0.25, -0.2) is 0 Å². The maximum Gasteiger partial charge on any atom is 0.177 e. The molecule has 17 heavy (non-hydrogen) atoms. The Morgan fingerprint density at radius 2 is 2.35 bits per heavy atom. The van der Waals surface area contributed by atoms with Crippen LogP contribution in [-0.4, -0.2) is 15.6 Å². The number of halogens is 2. The van der Waals surface area contributed by atoms with Gasteiger partial charge in [-0.05, 0) is 28.9 Å². The Morgan fingerprint density at radius 3 is 2.82 bits per heavy atom. The number of nitrogens with zero attached hydrogens (tertiary/aromatic N) is 2. The topological polar surface area (TPSA) is 34.9 Å². The first kappa shape index (κ1) is 12.8. The summed E-state index contributed by atoms with van der Waals surface area (Å²) in [5.74, 6) is 0.0682. The van der Waals surface area contributed by atoms with E-state index in [4.69, 9.17) is 11.6 Å². The van der Waals surface area contributed by atoms with Crippen LogP contribution in [0.3, 0.4) is 0 Å². The van der Waals surface area contributed by atoms with E-state index in [1.54, 1.807) is 11.7 Å². The highest BCUT2D eigenvalue weighted by Gasteiger charge is 2.17. The van der Waals surface area contributed by atoms with Crippen LogP contribution in [0.2, 0.25) is 5.15 Å². The molecule has 0 bridgehead atoms. The van der Waals surface area contributed by atoms with Gasteiger partial charge >= 0.3 is 0 Å². The molecule has 6 heteroatoms. The summed E-state index contributed by atoms with van der Waals surface area (Å²) in [5.41, 5.74) is 1.62. The van der Waals surface area contributed by atoms with Crippen LogP contribution in [0.25, 0.3) is 0 Å². The number of hydrogen-bond donors (Lipinski definition) is 0. The van der Waals surface area contributed by atoms with Crippen molar-refractivity contribution in [1.29, 1.82) is 0 Å². The molecule has 2 aromatic rings. The summed E-state index contributed by atoms with van der Waals surface area (Å²) in [6, 6.07) is 1.83. The van der Waals surface area contributed by atoms with Crippen LogP contribution >= 0.6 is 38.9 Å². The quantitative estimate of drug-likeness (QED) is 0.804. The second-order valence-electron chi connectivity index (χ2n) is 3.71. The smallest absolute Gasteiger partial charge is 0.177 e. The van der Waals surface area contributed by atoms with Crippen molar-refractivity contribution in [3.8, 4) is 0 Å². The lowest BCUT2D eigenvalue weighted by Crippen LogP contribution is -2.02. The van der Waals surface area contributed by atoms with Crippen LogP contribution < -0.4 is 0 Å². The molecule has 0 aliphatic rings. The molecule has 2 aromatic heterocycles. The van der Waals surface area contributed by atoms with Gasteiger partial charge in [-0.2, -0.15) is 5.10 Å². The molecule has 0 saturated carbocycles. The van der Waals surface area contributed by atoms with Crippen LogP contribution in [0.5, 0.6) is 0 Å². The van der Waals surface area contributed by atoms with Gasteiger partial charge in [0.25, 0.3) is 0 Å². The lowest BCUT2D eigenvalue weighted by atomic mass is 10.1. The number of thiophene rings is 1. The van der Waals surface area contributed by atoms with E-state index in [1.807, 2.05) is 18.4 Å². The number of Topliss-reactive ketones (excluding diaryl/α,β-unsaturated/α-hetero) is 1. The van der Waals surface area contributed by atoms with Gasteiger partial charge in [-0.1, -0.05) is 11.6 Å². The second-order valence-corrected chi connectivity index (χ2v) is 5.89.